The van der Waals surface area contributed by atoms with Crippen LogP contribution in [0.15, 0.2) is 36.4 Å². The zero-order valence-corrected chi connectivity index (χ0v) is 13.4. The number of amides is 1. The van der Waals surface area contributed by atoms with Crippen molar-refractivity contribution in [3.8, 4) is 0 Å². The molecule has 1 amide bonds. The normalized spacial score (nSPS) is 19.5. The number of benzene rings is 1. The van der Waals surface area contributed by atoms with Crippen LogP contribution in [0.2, 0.25) is 0 Å². The van der Waals surface area contributed by atoms with Crippen molar-refractivity contribution < 1.29 is 4.79 Å². The summed E-state index contributed by atoms with van der Waals surface area (Å²) in [7, 11) is 0. The van der Waals surface area contributed by atoms with Crippen LogP contribution in [0.5, 0.6) is 0 Å². The van der Waals surface area contributed by atoms with E-state index in [1.807, 2.05) is 12.1 Å². The van der Waals surface area contributed by atoms with Crippen molar-refractivity contribution in [2.75, 3.05) is 31.1 Å². The molecule has 2 fully saturated rings. The highest BCUT2D eigenvalue weighted by molar-refractivity contribution is 5.81. The van der Waals surface area contributed by atoms with Crippen molar-refractivity contribution in [1.82, 2.24) is 9.88 Å². The third kappa shape index (κ3) is 2.90. The average molecular weight is 309 g/mol. The minimum absolute atomic E-state index is 0.306. The topological polar surface area (TPSA) is 36.4 Å². The SMILES string of the molecule is O=C(C1CCC1)N1CCCN(c2ccc3ccccc3n2)CC1. The van der Waals surface area contributed by atoms with Crippen molar-refractivity contribution in [3.63, 3.8) is 0 Å². The van der Waals surface area contributed by atoms with E-state index in [4.69, 9.17) is 4.98 Å². The molecular formula is C19H23N3O. The molecule has 0 atom stereocenters. The van der Waals surface area contributed by atoms with E-state index in [0.717, 1.165) is 56.8 Å². The standard InChI is InChI=1S/C19H23N3O/c23-19(16-6-3-7-16)22-12-4-11-21(13-14-22)18-10-9-15-5-1-2-8-17(15)20-18/h1-2,5,8-10,16H,3-4,6-7,11-14H2. The second kappa shape index (κ2) is 6.19. The van der Waals surface area contributed by atoms with Crippen molar-refractivity contribution in [2.24, 2.45) is 5.92 Å². The predicted octanol–water partition coefficient (Wildman–Crippen LogP) is 3.07. The summed E-state index contributed by atoms with van der Waals surface area (Å²) in [5, 5.41) is 1.17. The second-order valence-corrected chi connectivity index (χ2v) is 6.66. The van der Waals surface area contributed by atoms with Gasteiger partial charge in [-0.3, -0.25) is 4.79 Å². The van der Waals surface area contributed by atoms with Gasteiger partial charge in [0.2, 0.25) is 5.91 Å². The third-order valence-electron chi connectivity index (χ3n) is 5.17. The Hall–Kier alpha value is -2.10. The Morgan fingerprint density at radius 1 is 0.957 bits per heavy atom. The fourth-order valence-electron chi connectivity index (χ4n) is 3.51. The Kier molecular flexibility index (Phi) is 3.90. The first-order chi connectivity index (χ1) is 11.3. The van der Waals surface area contributed by atoms with Crippen LogP contribution in [0.1, 0.15) is 25.7 Å². The van der Waals surface area contributed by atoms with Gasteiger partial charge in [-0.1, -0.05) is 24.6 Å². The van der Waals surface area contributed by atoms with Crippen LogP contribution in [-0.4, -0.2) is 42.0 Å². The zero-order chi connectivity index (χ0) is 15.6. The summed E-state index contributed by atoms with van der Waals surface area (Å²) >= 11 is 0. The molecule has 23 heavy (non-hydrogen) atoms. The van der Waals surface area contributed by atoms with E-state index in [0.29, 0.717) is 11.8 Å². The molecule has 1 saturated carbocycles. The minimum atomic E-state index is 0.306. The number of hydrogen-bond acceptors (Lipinski definition) is 3. The van der Waals surface area contributed by atoms with Gasteiger partial charge < -0.3 is 9.80 Å². The van der Waals surface area contributed by atoms with E-state index in [1.54, 1.807) is 0 Å². The number of nitrogens with zero attached hydrogens (tertiary/aromatic N) is 3. The van der Waals surface area contributed by atoms with Gasteiger partial charge in [0.25, 0.3) is 0 Å². The van der Waals surface area contributed by atoms with Crippen LogP contribution < -0.4 is 4.90 Å². The van der Waals surface area contributed by atoms with E-state index in [2.05, 4.69) is 34.1 Å². The number of carbonyl (C=O) groups is 1. The average Bonchev–Trinajstić information content (AvgIpc) is 2.79. The molecule has 1 aromatic heterocycles. The molecule has 4 heteroatoms. The van der Waals surface area contributed by atoms with Crippen molar-refractivity contribution in [3.05, 3.63) is 36.4 Å². The van der Waals surface area contributed by atoms with Crippen LogP contribution in [0, 0.1) is 5.92 Å². The first-order valence-corrected chi connectivity index (χ1v) is 8.71. The molecule has 1 saturated heterocycles. The number of carbonyl (C=O) groups excluding carboxylic acids is 1. The van der Waals surface area contributed by atoms with Gasteiger partial charge in [0.05, 0.1) is 5.52 Å². The van der Waals surface area contributed by atoms with E-state index in [-0.39, 0.29) is 0 Å². The highest BCUT2D eigenvalue weighted by atomic mass is 16.2. The fraction of sp³-hybridized carbons (Fsp3) is 0.474. The lowest BCUT2D eigenvalue weighted by atomic mass is 9.84. The van der Waals surface area contributed by atoms with Crippen LogP contribution in [-0.2, 0) is 4.79 Å². The largest absolute Gasteiger partial charge is 0.355 e. The molecule has 0 spiro atoms. The molecule has 1 aliphatic heterocycles. The molecule has 2 heterocycles. The van der Waals surface area contributed by atoms with Crippen LogP contribution in [0.3, 0.4) is 0 Å². The summed E-state index contributed by atoms with van der Waals surface area (Å²) < 4.78 is 0. The van der Waals surface area contributed by atoms with E-state index < -0.39 is 0 Å². The maximum atomic E-state index is 12.4. The van der Waals surface area contributed by atoms with Crippen LogP contribution in [0.4, 0.5) is 5.82 Å². The Labute approximate surface area is 137 Å². The smallest absolute Gasteiger partial charge is 0.225 e. The molecule has 1 aromatic carbocycles. The molecule has 2 aromatic rings. The highest BCUT2D eigenvalue weighted by Gasteiger charge is 2.30. The molecule has 4 rings (SSSR count). The molecule has 120 valence electrons. The first kappa shape index (κ1) is 14.5. The van der Waals surface area contributed by atoms with E-state index in [1.165, 1.54) is 11.8 Å². The van der Waals surface area contributed by atoms with E-state index >= 15 is 0 Å². The fourth-order valence-corrected chi connectivity index (χ4v) is 3.51. The summed E-state index contributed by atoms with van der Waals surface area (Å²) in [5.74, 6) is 1.71. The number of aromatic nitrogens is 1. The van der Waals surface area contributed by atoms with Crippen molar-refractivity contribution >= 4 is 22.6 Å². The zero-order valence-electron chi connectivity index (χ0n) is 13.4. The molecule has 0 bridgehead atoms. The van der Waals surface area contributed by atoms with Gasteiger partial charge in [0.1, 0.15) is 5.82 Å². The van der Waals surface area contributed by atoms with Gasteiger partial charge in [-0.05, 0) is 37.5 Å². The van der Waals surface area contributed by atoms with Crippen LogP contribution in [0.25, 0.3) is 10.9 Å². The minimum Gasteiger partial charge on any atom is -0.355 e. The second-order valence-electron chi connectivity index (χ2n) is 6.66. The predicted molar refractivity (Wildman–Crippen MR) is 92.5 cm³/mol. The van der Waals surface area contributed by atoms with Crippen LogP contribution >= 0.6 is 0 Å². The maximum Gasteiger partial charge on any atom is 0.225 e. The summed E-state index contributed by atoms with van der Waals surface area (Å²) in [6.07, 6.45) is 4.42. The summed E-state index contributed by atoms with van der Waals surface area (Å²) in [6, 6.07) is 12.5. The van der Waals surface area contributed by atoms with Gasteiger partial charge in [0, 0.05) is 37.5 Å². The third-order valence-corrected chi connectivity index (χ3v) is 5.17. The molecule has 0 radical (unpaired) electrons. The Bertz CT molecular complexity index is 711. The van der Waals surface area contributed by atoms with Crippen molar-refractivity contribution in [2.45, 2.75) is 25.7 Å². The number of rotatable bonds is 2. The van der Waals surface area contributed by atoms with Gasteiger partial charge >= 0.3 is 0 Å². The number of para-hydroxylation sites is 1. The maximum absolute atomic E-state index is 12.4. The number of hydrogen-bond donors (Lipinski definition) is 0. The molecule has 2 aliphatic rings. The molecule has 0 N–H and O–H groups in total. The summed E-state index contributed by atoms with van der Waals surface area (Å²) in [6.45, 7) is 3.56. The van der Waals surface area contributed by atoms with Crippen molar-refractivity contribution in [1.29, 1.82) is 0 Å². The summed E-state index contributed by atoms with van der Waals surface area (Å²) in [5.41, 5.74) is 1.04. The first-order valence-electron chi connectivity index (χ1n) is 8.71. The van der Waals surface area contributed by atoms with Gasteiger partial charge in [-0.25, -0.2) is 4.98 Å². The lowest BCUT2D eigenvalue weighted by Crippen LogP contribution is -2.41. The number of pyridine rings is 1. The Balaban J connectivity index is 1.47. The summed E-state index contributed by atoms with van der Waals surface area (Å²) in [4.78, 5) is 21.6. The van der Waals surface area contributed by atoms with Gasteiger partial charge in [-0.15, -0.1) is 0 Å². The Morgan fingerprint density at radius 2 is 1.83 bits per heavy atom. The van der Waals surface area contributed by atoms with Gasteiger partial charge in [-0.2, -0.15) is 0 Å². The quantitative estimate of drug-likeness (QED) is 0.855. The lowest BCUT2D eigenvalue weighted by molar-refractivity contribution is -0.137. The molecular weight excluding hydrogens is 286 g/mol. The number of fused-ring (bicyclic) bond motifs is 1. The highest BCUT2D eigenvalue weighted by Crippen LogP contribution is 2.29. The Morgan fingerprint density at radius 3 is 2.65 bits per heavy atom. The lowest BCUT2D eigenvalue weighted by Gasteiger charge is -2.31. The molecule has 4 nitrogen and oxygen atoms in total. The molecule has 1 aliphatic carbocycles. The number of anilines is 1. The van der Waals surface area contributed by atoms with Gasteiger partial charge in [0.15, 0.2) is 0 Å². The monoisotopic (exact) mass is 309 g/mol. The van der Waals surface area contributed by atoms with E-state index in [9.17, 15) is 4.79 Å². The molecule has 0 unspecified atom stereocenters.